The Kier molecular flexibility index (Phi) is 7.66. The molecule has 1 atom stereocenters. The number of nitrogens with one attached hydrogen (secondary N) is 1. The Bertz CT molecular complexity index is 484. The summed E-state index contributed by atoms with van der Waals surface area (Å²) < 4.78 is 0. The molecule has 1 aromatic rings. The summed E-state index contributed by atoms with van der Waals surface area (Å²) in [7, 11) is 0. The number of pyridine rings is 1. The number of nitrogens with zero attached hydrogens (tertiary/aromatic N) is 3. The first-order valence-corrected chi connectivity index (χ1v) is 7.47. The van der Waals surface area contributed by atoms with Crippen molar-refractivity contribution in [1.29, 1.82) is 0 Å². The summed E-state index contributed by atoms with van der Waals surface area (Å²) in [5.74, 6) is 0. The molecule has 6 nitrogen and oxygen atoms in total. The average Bonchev–Trinajstić information content (AvgIpc) is 2.47. The molecule has 0 aliphatic carbocycles. The van der Waals surface area contributed by atoms with Gasteiger partial charge in [-0.05, 0) is 37.3 Å². The van der Waals surface area contributed by atoms with Gasteiger partial charge >= 0.3 is 4.99 Å². The summed E-state index contributed by atoms with van der Waals surface area (Å²) in [5.41, 5.74) is 1.08. The molecule has 116 valence electrons. The molecule has 21 heavy (non-hydrogen) atoms. The second kappa shape index (κ2) is 8.99. The van der Waals surface area contributed by atoms with Crippen molar-refractivity contribution in [3.05, 3.63) is 39.2 Å². The second-order valence-corrected chi connectivity index (χ2v) is 5.43. The fraction of sp³-hybridized carbons (Fsp3) is 0.538. The molecule has 1 rings (SSSR count). The molecular formula is C13H19ClN4O2S. The summed E-state index contributed by atoms with van der Waals surface area (Å²) in [6.07, 6.45) is 1.75. The van der Waals surface area contributed by atoms with Crippen LogP contribution in [0.25, 0.3) is 0 Å². The van der Waals surface area contributed by atoms with Crippen molar-refractivity contribution < 1.29 is 4.92 Å². The lowest BCUT2D eigenvalue weighted by molar-refractivity contribution is -0.349. The molecule has 0 bridgehead atoms. The van der Waals surface area contributed by atoms with E-state index in [1.807, 2.05) is 6.07 Å². The van der Waals surface area contributed by atoms with Crippen LogP contribution >= 0.6 is 23.8 Å². The van der Waals surface area contributed by atoms with E-state index in [4.69, 9.17) is 23.8 Å². The number of hydrogen-bond acceptors (Lipinski definition) is 6. The van der Waals surface area contributed by atoms with Crippen LogP contribution in [0, 0.1) is 10.1 Å². The summed E-state index contributed by atoms with van der Waals surface area (Å²) in [6, 6.07) is 3.29. The van der Waals surface area contributed by atoms with Crippen molar-refractivity contribution in [3.8, 4) is 0 Å². The summed E-state index contributed by atoms with van der Waals surface area (Å²) in [6.45, 7) is 6.79. The lowest BCUT2D eigenvalue weighted by atomic mass is 10.2. The van der Waals surface area contributed by atoms with E-state index in [1.54, 1.807) is 19.2 Å². The van der Waals surface area contributed by atoms with Crippen molar-refractivity contribution in [3.63, 3.8) is 0 Å². The first kappa shape index (κ1) is 17.9. The monoisotopic (exact) mass is 330 g/mol. The molecule has 0 amide bonds. The summed E-state index contributed by atoms with van der Waals surface area (Å²) >= 11 is 10.5. The highest BCUT2D eigenvalue weighted by Gasteiger charge is 2.18. The summed E-state index contributed by atoms with van der Waals surface area (Å²) in [5, 5.41) is 14.1. The van der Waals surface area contributed by atoms with Crippen LogP contribution in [0.2, 0.25) is 5.15 Å². The molecule has 1 N–H and O–H groups in total. The molecule has 0 saturated heterocycles. The largest absolute Gasteiger partial charge is 0.326 e. The quantitative estimate of drug-likeness (QED) is 0.341. The van der Waals surface area contributed by atoms with E-state index in [1.165, 1.54) is 0 Å². The molecule has 0 aliphatic rings. The van der Waals surface area contributed by atoms with Gasteiger partial charge in [-0.15, -0.1) is 0 Å². The number of aromatic nitrogens is 1. The van der Waals surface area contributed by atoms with Gasteiger partial charge in [-0.2, -0.15) is 0 Å². The van der Waals surface area contributed by atoms with Gasteiger partial charge in [-0.1, -0.05) is 24.6 Å². The minimum atomic E-state index is -0.524. The Morgan fingerprint density at radius 1 is 1.62 bits per heavy atom. The Morgan fingerprint density at radius 2 is 2.33 bits per heavy atom. The van der Waals surface area contributed by atoms with Crippen molar-refractivity contribution in [2.75, 3.05) is 19.6 Å². The first-order valence-electron chi connectivity index (χ1n) is 6.68. The van der Waals surface area contributed by atoms with E-state index in [2.05, 4.69) is 22.1 Å². The number of thiocarbonyl (C=S) groups is 1. The lowest BCUT2D eigenvalue weighted by Crippen LogP contribution is -2.41. The normalized spacial score (nSPS) is 12.4. The van der Waals surface area contributed by atoms with Gasteiger partial charge in [-0.3, -0.25) is 15.0 Å². The van der Waals surface area contributed by atoms with E-state index >= 15 is 0 Å². The smallest absolute Gasteiger partial charge is 0.303 e. The predicted molar refractivity (Wildman–Crippen MR) is 87.3 cm³/mol. The van der Waals surface area contributed by atoms with Gasteiger partial charge in [0.05, 0.1) is 4.92 Å². The number of rotatable bonds is 8. The van der Waals surface area contributed by atoms with E-state index in [0.29, 0.717) is 11.7 Å². The minimum Gasteiger partial charge on any atom is -0.303 e. The molecule has 0 aromatic carbocycles. The maximum absolute atomic E-state index is 10.6. The zero-order chi connectivity index (χ0) is 15.8. The number of nitro groups is 1. The van der Waals surface area contributed by atoms with Crippen LogP contribution in [0.3, 0.4) is 0 Å². The van der Waals surface area contributed by atoms with Crippen LogP contribution in [0.4, 0.5) is 0 Å². The third kappa shape index (κ3) is 6.43. The maximum Gasteiger partial charge on any atom is 0.326 e. The molecule has 0 spiro atoms. The minimum absolute atomic E-state index is 0.181. The highest BCUT2D eigenvalue weighted by Crippen LogP contribution is 2.07. The third-order valence-corrected chi connectivity index (χ3v) is 3.80. The first-order chi connectivity index (χ1) is 9.93. The Morgan fingerprint density at radius 3 is 2.86 bits per heavy atom. The van der Waals surface area contributed by atoms with Crippen LogP contribution in [0.1, 0.15) is 19.4 Å². The fourth-order valence-corrected chi connectivity index (χ4v) is 1.99. The van der Waals surface area contributed by atoms with Crippen molar-refractivity contribution in [1.82, 2.24) is 15.2 Å². The topological polar surface area (TPSA) is 71.3 Å². The molecule has 0 saturated carbocycles. The van der Waals surface area contributed by atoms with Crippen molar-refractivity contribution >= 4 is 28.8 Å². The van der Waals surface area contributed by atoms with Gasteiger partial charge in [-0.25, -0.2) is 4.98 Å². The number of hydrogen-bond donors (Lipinski definition) is 1. The van der Waals surface area contributed by atoms with Crippen LogP contribution in [0.5, 0.6) is 0 Å². The van der Waals surface area contributed by atoms with E-state index in [-0.39, 0.29) is 4.99 Å². The maximum atomic E-state index is 10.6. The second-order valence-electron chi connectivity index (χ2n) is 4.63. The highest BCUT2D eigenvalue weighted by atomic mass is 35.5. The molecule has 1 aromatic heterocycles. The van der Waals surface area contributed by atoms with E-state index in [0.717, 1.165) is 25.2 Å². The Hall–Kier alpha value is -1.15. The molecule has 1 heterocycles. The standard InChI is InChI=1S/C13H19ClN4O2S/c1-3-17(9-11-4-5-12(14)16-8-11)7-6-15-10(2)13(21)18(19)20/h4-5,8,10,15H,3,6-7,9H2,1-2H3. The zero-order valence-corrected chi connectivity index (χ0v) is 13.7. The van der Waals surface area contributed by atoms with E-state index < -0.39 is 11.0 Å². The van der Waals surface area contributed by atoms with Gasteiger partial charge in [0, 0.05) is 25.8 Å². The Balaban J connectivity index is 2.39. The molecule has 0 radical (unpaired) electrons. The van der Waals surface area contributed by atoms with Crippen LogP contribution < -0.4 is 5.32 Å². The van der Waals surface area contributed by atoms with E-state index in [9.17, 15) is 10.1 Å². The van der Waals surface area contributed by atoms with Gasteiger partial charge < -0.3 is 5.32 Å². The van der Waals surface area contributed by atoms with Crippen LogP contribution in [-0.2, 0) is 6.54 Å². The van der Waals surface area contributed by atoms with Gasteiger partial charge in [0.1, 0.15) is 11.2 Å². The molecule has 8 heteroatoms. The zero-order valence-electron chi connectivity index (χ0n) is 12.1. The fourth-order valence-electron chi connectivity index (χ4n) is 1.79. The molecule has 1 unspecified atom stereocenters. The van der Waals surface area contributed by atoms with Crippen molar-refractivity contribution in [2.45, 2.75) is 26.4 Å². The lowest BCUT2D eigenvalue weighted by Gasteiger charge is -2.21. The third-order valence-electron chi connectivity index (χ3n) is 3.07. The van der Waals surface area contributed by atoms with Gasteiger partial charge in [0.2, 0.25) is 0 Å². The predicted octanol–water partition coefficient (Wildman–Crippen LogP) is 2.14. The number of likely N-dealkylation sites (N-methyl/N-ethyl adjacent to an activating group) is 1. The number of halogens is 1. The summed E-state index contributed by atoms with van der Waals surface area (Å²) in [4.78, 5) is 16.1. The molecule has 0 aliphatic heterocycles. The molecule has 0 fully saturated rings. The molecular weight excluding hydrogens is 312 g/mol. The van der Waals surface area contributed by atoms with Crippen LogP contribution in [0.15, 0.2) is 18.3 Å². The highest BCUT2D eigenvalue weighted by molar-refractivity contribution is 7.80. The average molecular weight is 331 g/mol. The SMILES string of the molecule is CCN(CCNC(C)C(=S)[N+](=O)[O-])Cc1ccc(Cl)nc1. The van der Waals surface area contributed by atoms with Gasteiger partial charge in [0.15, 0.2) is 0 Å². The Labute approximate surface area is 134 Å². The van der Waals surface area contributed by atoms with Gasteiger partial charge in [0.25, 0.3) is 0 Å². The van der Waals surface area contributed by atoms with Crippen molar-refractivity contribution in [2.24, 2.45) is 0 Å². The van der Waals surface area contributed by atoms with Crippen LogP contribution in [-0.4, -0.2) is 45.5 Å².